The number of pyridine rings is 1. The zero-order chi connectivity index (χ0) is 15.0. The summed E-state index contributed by atoms with van der Waals surface area (Å²) >= 11 is 0. The number of aromatic nitrogens is 1. The Labute approximate surface area is 122 Å². The van der Waals surface area contributed by atoms with Crippen LogP contribution in [-0.4, -0.2) is 26.5 Å². The van der Waals surface area contributed by atoms with Crippen LogP contribution in [0.15, 0.2) is 23.4 Å². The van der Waals surface area contributed by atoms with Crippen LogP contribution in [0.4, 0.5) is 5.69 Å². The average Bonchev–Trinajstić information content (AvgIpc) is 2.46. The average molecular weight is 299 g/mol. The third-order valence-corrected chi connectivity index (χ3v) is 4.81. The zero-order valence-corrected chi connectivity index (χ0v) is 13.3. The third kappa shape index (κ3) is 4.76. The summed E-state index contributed by atoms with van der Waals surface area (Å²) in [6, 6.07) is 1.70. The summed E-state index contributed by atoms with van der Waals surface area (Å²) in [4.78, 5) is 4.15. The lowest BCUT2D eigenvalue weighted by Crippen LogP contribution is -2.29. The van der Waals surface area contributed by atoms with Crippen LogP contribution in [0.5, 0.6) is 0 Å². The van der Waals surface area contributed by atoms with E-state index in [9.17, 15) is 8.42 Å². The van der Waals surface area contributed by atoms with Crippen molar-refractivity contribution in [1.29, 1.82) is 0 Å². The van der Waals surface area contributed by atoms with Gasteiger partial charge in [0.2, 0.25) is 10.0 Å². The fourth-order valence-electron chi connectivity index (χ4n) is 1.88. The van der Waals surface area contributed by atoms with E-state index in [1.807, 2.05) is 6.92 Å². The van der Waals surface area contributed by atoms with Gasteiger partial charge in [-0.2, -0.15) is 0 Å². The highest BCUT2D eigenvalue weighted by Crippen LogP contribution is 2.19. The first-order chi connectivity index (χ1) is 9.55. The molecule has 6 heteroatoms. The van der Waals surface area contributed by atoms with E-state index in [1.54, 1.807) is 12.3 Å². The van der Waals surface area contributed by atoms with Gasteiger partial charge in [0.15, 0.2) is 0 Å². The summed E-state index contributed by atoms with van der Waals surface area (Å²) in [6.07, 6.45) is 5.86. The van der Waals surface area contributed by atoms with Crippen molar-refractivity contribution in [3.8, 4) is 0 Å². The number of rotatable bonds is 9. The van der Waals surface area contributed by atoms with E-state index >= 15 is 0 Å². The maximum atomic E-state index is 12.4. The molecule has 0 aliphatic heterocycles. The molecule has 0 bridgehead atoms. The van der Waals surface area contributed by atoms with Crippen LogP contribution in [0, 0.1) is 5.92 Å². The monoisotopic (exact) mass is 299 g/mol. The predicted molar refractivity (Wildman–Crippen MR) is 82.3 cm³/mol. The zero-order valence-electron chi connectivity index (χ0n) is 12.5. The Balaban J connectivity index is 2.86. The van der Waals surface area contributed by atoms with E-state index in [-0.39, 0.29) is 4.90 Å². The second-order valence-corrected chi connectivity index (χ2v) is 6.57. The highest BCUT2D eigenvalue weighted by atomic mass is 32.2. The molecule has 1 rings (SSSR count). The lowest BCUT2D eigenvalue weighted by molar-refractivity contribution is 0.479. The van der Waals surface area contributed by atoms with Crippen molar-refractivity contribution < 1.29 is 8.42 Å². The minimum Gasteiger partial charge on any atom is -0.384 e. The van der Waals surface area contributed by atoms with Gasteiger partial charge in [0.1, 0.15) is 4.90 Å². The van der Waals surface area contributed by atoms with Gasteiger partial charge in [0, 0.05) is 25.5 Å². The lowest BCUT2D eigenvalue weighted by Gasteiger charge is -2.15. The molecule has 0 spiro atoms. The molecule has 0 aliphatic rings. The van der Waals surface area contributed by atoms with Gasteiger partial charge in [-0.25, -0.2) is 13.1 Å². The number of hydrogen-bond donors (Lipinski definition) is 2. The topological polar surface area (TPSA) is 71.1 Å². The first-order valence-electron chi connectivity index (χ1n) is 7.22. The molecule has 5 nitrogen and oxygen atoms in total. The maximum Gasteiger partial charge on any atom is 0.244 e. The van der Waals surface area contributed by atoms with Crippen LogP contribution < -0.4 is 10.0 Å². The van der Waals surface area contributed by atoms with Crippen LogP contribution in [0.3, 0.4) is 0 Å². The largest absolute Gasteiger partial charge is 0.384 e. The standard InChI is InChI=1S/C14H25N3O2S/c1-4-8-16-13-7-9-15-11-14(13)20(18,19)17-10-12(5-2)6-3/h7,9,11-12,17H,4-6,8,10H2,1-3H3,(H,15,16). The SMILES string of the molecule is CCCNc1ccncc1S(=O)(=O)NCC(CC)CC. The highest BCUT2D eigenvalue weighted by molar-refractivity contribution is 7.89. The molecule has 20 heavy (non-hydrogen) atoms. The Hall–Kier alpha value is -1.14. The summed E-state index contributed by atoms with van der Waals surface area (Å²) in [7, 11) is -3.51. The van der Waals surface area contributed by atoms with Crippen LogP contribution in [0.2, 0.25) is 0 Å². The van der Waals surface area contributed by atoms with Crippen LogP contribution in [0.25, 0.3) is 0 Å². The first-order valence-corrected chi connectivity index (χ1v) is 8.70. The summed E-state index contributed by atoms with van der Waals surface area (Å²) in [5, 5.41) is 3.13. The van der Waals surface area contributed by atoms with Crippen molar-refractivity contribution in [1.82, 2.24) is 9.71 Å². The van der Waals surface area contributed by atoms with E-state index in [4.69, 9.17) is 0 Å². The molecular formula is C14H25N3O2S. The Kier molecular flexibility index (Phi) is 6.95. The molecule has 114 valence electrons. The van der Waals surface area contributed by atoms with Crippen molar-refractivity contribution in [3.63, 3.8) is 0 Å². The molecule has 0 radical (unpaired) electrons. The number of sulfonamides is 1. The first kappa shape index (κ1) is 16.9. The van der Waals surface area contributed by atoms with Gasteiger partial charge in [-0.15, -0.1) is 0 Å². The van der Waals surface area contributed by atoms with E-state index in [2.05, 4.69) is 28.9 Å². The van der Waals surface area contributed by atoms with Gasteiger partial charge in [-0.3, -0.25) is 4.98 Å². The van der Waals surface area contributed by atoms with Crippen molar-refractivity contribution >= 4 is 15.7 Å². The van der Waals surface area contributed by atoms with Gasteiger partial charge in [-0.1, -0.05) is 33.6 Å². The fraction of sp³-hybridized carbons (Fsp3) is 0.643. The smallest absolute Gasteiger partial charge is 0.244 e. The highest BCUT2D eigenvalue weighted by Gasteiger charge is 2.19. The van der Waals surface area contributed by atoms with E-state index in [0.717, 1.165) is 25.8 Å². The summed E-state index contributed by atoms with van der Waals surface area (Å²) < 4.78 is 27.4. The quantitative estimate of drug-likeness (QED) is 0.735. The minimum atomic E-state index is -3.51. The Morgan fingerprint density at radius 2 is 1.95 bits per heavy atom. The Bertz CT molecular complexity index is 499. The minimum absolute atomic E-state index is 0.222. The van der Waals surface area contributed by atoms with Crippen molar-refractivity contribution in [2.75, 3.05) is 18.4 Å². The van der Waals surface area contributed by atoms with E-state index in [0.29, 0.717) is 18.2 Å². The van der Waals surface area contributed by atoms with Gasteiger partial charge in [0.05, 0.1) is 5.69 Å². The second kappa shape index (κ2) is 8.21. The molecule has 0 amide bonds. The summed E-state index contributed by atoms with van der Waals surface area (Å²) in [6.45, 7) is 7.38. The molecule has 0 atom stereocenters. The molecule has 0 saturated heterocycles. The summed E-state index contributed by atoms with van der Waals surface area (Å²) in [5.74, 6) is 0.369. The molecule has 0 aromatic carbocycles. The number of hydrogen-bond acceptors (Lipinski definition) is 4. The molecule has 0 aliphatic carbocycles. The van der Waals surface area contributed by atoms with Crippen molar-refractivity contribution in [2.24, 2.45) is 5.92 Å². The molecule has 0 unspecified atom stereocenters. The normalized spacial score (nSPS) is 11.8. The van der Waals surface area contributed by atoms with Crippen LogP contribution in [-0.2, 0) is 10.0 Å². The molecule has 1 heterocycles. The molecule has 2 N–H and O–H groups in total. The van der Waals surface area contributed by atoms with Crippen LogP contribution >= 0.6 is 0 Å². The summed E-state index contributed by atoms with van der Waals surface area (Å²) in [5.41, 5.74) is 0.610. The van der Waals surface area contributed by atoms with Crippen LogP contribution in [0.1, 0.15) is 40.0 Å². The number of nitrogens with one attached hydrogen (secondary N) is 2. The number of nitrogens with zero attached hydrogens (tertiary/aromatic N) is 1. The second-order valence-electron chi connectivity index (χ2n) is 4.83. The van der Waals surface area contributed by atoms with Crippen molar-refractivity contribution in [3.05, 3.63) is 18.5 Å². The maximum absolute atomic E-state index is 12.4. The molecule has 0 saturated carbocycles. The molecular weight excluding hydrogens is 274 g/mol. The molecule has 1 aromatic rings. The van der Waals surface area contributed by atoms with Crippen molar-refractivity contribution in [2.45, 2.75) is 44.9 Å². The third-order valence-electron chi connectivity index (χ3n) is 3.36. The number of anilines is 1. The Morgan fingerprint density at radius 3 is 2.55 bits per heavy atom. The van der Waals surface area contributed by atoms with E-state index < -0.39 is 10.0 Å². The predicted octanol–water partition coefficient (Wildman–Crippen LogP) is 2.62. The molecule has 0 fully saturated rings. The van der Waals surface area contributed by atoms with Gasteiger partial charge in [-0.05, 0) is 18.4 Å². The van der Waals surface area contributed by atoms with E-state index in [1.165, 1.54) is 6.20 Å². The lowest BCUT2D eigenvalue weighted by atomic mass is 10.0. The van der Waals surface area contributed by atoms with Gasteiger partial charge < -0.3 is 5.32 Å². The van der Waals surface area contributed by atoms with Gasteiger partial charge in [0.25, 0.3) is 0 Å². The Morgan fingerprint density at radius 1 is 1.25 bits per heavy atom. The van der Waals surface area contributed by atoms with Gasteiger partial charge >= 0.3 is 0 Å². The molecule has 1 aromatic heterocycles. The fourth-order valence-corrected chi connectivity index (χ4v) is 3.12.